The highest BCUT2D eigenvalue weighted by Crippen LogP contribution is 2.29. The predicted octanol–water partition coefficient (Wildman–Crippen LogP) is 2.81. The average Bonchev–Trinajstić information content (AvgIpc) is 2.74. The van der Waals surface area contributed by atoms with Crippen LogP contribution < -0.4 is 9.47 Å². The van der Waals surface area contributed by atoms with Crippen molar-refractivity contribution in [3.05, 3.63) is 52.5 Å². The van der Waals surface area contributed by atoms with Gasteiger partial charge >= 0.3 is 0 Å². The summed E-state index contributed by atoms with van der Waals surface area (Å²) in [5.41, 5.74) is 1.10. The number of hydrogen-bond acceptors (Lipinski definition) is 5. The summed E-state index contributed by atoms with van der Waals surface area (Å²) in [6.45, 7) is 2.76. The van der Waals surface area contributed by atoms with E-state index in [1.54, 1.807) is 42.2 Å². The Morgan fingerprint density at radius 1 is 0.966 bits per heavy atom. The first-order valence-electron chi connectivity index (χ1n) is 9.05. The van der Waals surface area contributed by atoms with Crippen molar-refractivity contribution < 1.29 is 22.7 Å². The number of piperazine rings is 1. The molecule has 0 aromatic heterocycles. The largest absolute Gasteiger partial charge is 0.493 e. The Bertz CT molecular complexity index is 1020. The van der Waals surface area contributed by atoms with E-state index in [0.29, 0.717) is 40.7 Å². The monoisotopic (exact) mass is 438 g/mol. The molecule has 0 radical (unpaired) electrons. The number of carbonyl (C=O) groups is 1. The summed E-state index contributed by atoms with van der Waals surface area (Å²) in [6.07, 6.45) is 0. The van der Waals surface area contributed by atoms with Crippen LogP contribution in [0.3, 0.4) is 0 Å². The molecule has 9 heteroatoms. The summed E-state index contributed by atoms with van der Waals surface area (Å²) in [4.78, 5) is 14.7. The number of rotatable bonds is 5. The number of amides is 1. The van der Waals surface area contributed by atoms with Crippen molar-refractivity contribution in [1.29, 1.82) is 0 Å². The molecule has 1 fully saturated rings. The van der Waals surface area contributed by atoms with Crippen LogP contribution in [0.4, 0.5) is 0 Å². The normalized spacial score (nSPS) is 15.2. The van der Waals surface area contributed by atoms with Crippen LogP contribution >= 0.6 is 11.6 Å². The molecular weight excluding hydrogens is 416 g/mol. The Hall–Kier alpha value is -2.29. The van der Waals surface area contributed by atoms with Gasteiger partial charge in [-0.15, -0.1) is 0 Å². The van der Waals surface area contributed by atoms with Gasteiger partial charge in [0.15, 0.2) is 11.5 Å². The summed E-state index contributed by atoms with van der Waals surface area (Å²) in [7, 11) is -0.638. The standard InChI is InChI=1S/C20H23ClN2O5S/c1-14-4-6-16(21)13-19(14)29(25,26)23-10-8-22(9-11-23)20(24)15-5-7-17(27-2)18(12-15)28-3/h4-7,12-13H,8-11H2,1-3H3. The first-order chi connectivity index (χ1) is 13.8. The van der Waals surface area contributed by atoms with Crippen molar-refractivity contribution in [1.82, 2.24) is 9.21 Å². The molecule has 2 aromatic rings. The topological polar surface area (TPSA) is 76.2 Å². The molecular formula is C20H23ClN2O5S. The molecule has 0 bridgehead atoms. The number of ether oxygens (including phenoxy) is 2. The Kier molecular flexibility index (Phi) is 6.36. The highest BCUT2D eigenvalue weighted by molar-refractivity contribution is 7.89. The SMILES string of the molecule is COc1ccc(C(=O)N2CCN(S(=O)(=O)c3cc(Cl)ccc3C)CC2)cc1OC. The lowest BCUT2D eigenvalue weighted by Crippen LogP contribution is -2.50. The first kappa shape index (κ1) is 21.4. The van der Waals surface area contributed by atoms with E-state index in [0.717, 1.165) is 0 Å². The minimum absolute atomic E-state index is 0.179. The minimum Gasteiger partial charge on any atom is -0.493 e. The van der Waals surface area contributed by atoms with Crippen molar-refractivity contribution in [2.45, 2.75) is 11.8 Å². The highest BCUT2D eigenvalue weighted by atomic mass is 35.5. The predicted molar refractivity (Wildman–Crippen MR) is 110 cm³/mol. The highest BCUT2D eigenvalue weighted by Gasteiger charge is 2.31. The van der Waals surface area contributed by atoms with Crippen molar-refractivity contribution in [3.63, 3.8) is 0 Å². The number of nitrogens with zero attached hydrogens (tertiary/aromatic N) is 2. The Morgan fingerprint density at radius 3 is 2.24 bits per heavy atom. The number of benzene rings is 2. The van der Waals surface area contributed by atoms with Gasteiger partial charge in [-0.05, 0) is 42.8 Å². The van der Waals surface area contributed by atoms with Crippen LogP contribution in [-0.4, -0.2) is 63.9 Å². The number of sulfonamides is 1. The second-order valence-electron chi connectivity index (χ2n) is 6.68. The fourth-order valence-electron chi connectivity index (χ4n) is 3.27. The van der Waals surface area contributed by atoms with Gasteiger partial charge in [0.25, 0.3) is 5.91 Å². The van der Waals surface area contributed by atoms with Gasteiger partial charge in [-0.3, -0.25) is 4.79 Å². The molecule has 1 heterocycles. The van der Waals surface area contributed by atoms with Crippen LogP contribution in [0.25, 0.3) is 0 Å². The second kappa shape index (κ2) is 8.61. The molecule has 3 rings (SSSR count). The molecule has 1 saturated heterocycles. The summed E-state index contributed by atoms with van der Waals surface area (Å²) in [6, 6.07) is 9.78. The quantitative estimate of drug-likeness (QED) is 0.717. The fraction of sp³-hybridized carbons (Fsp3) is 0.350. The van der Waals surface area contributed by atoms with Gasteiger partial charge in [0, 0.05) is 36.8 Å². The maximum atomic E-state index is 13.0. The van der Waals surface area contributed by atoms with Crippen molar-refractivity contribution in [3.8, 4) is 11.5 Å². The average molecular weight is 439 g/mol. The maximum absolute atomic E-state index is 13.0. The van der Waals surface area contributed by atoms with Crippen LogP contribution in [0.15, 0.2) is 41.3 Å². The number of aryl methyl sites for hydroxylation is 1. The van der Waals surface area contributed by atoms with Crippen LogP contribution in [0, 0.1) is 6.92 Å². The van der Waals surface area contributed by atoms with E-state index < -0.39 is 10.0 Å². The summed E-state index contributed by atoms with van der Waals surface area (Å²) >= 11 is 5.99. The van der Waals surface area contributed by atoms with E-state index in [1.165, 1.54) is 24.6 Å². The molecule has 0 saturated carbocycles. The first-order valence-corrected chi connectivity index (χ1v) is 10.9. The second-order valence-corrected chi connectivity index (χ2v) is 9.02. The van der Waals surface area contributed by atoms with E-state index in [2.05, 4.69) is 0 Å². The van der Waals surface area contributed by atoms with Crippen LogP contribution in [0.2, 0.25) is 5.02 Å². The van der Waals surface area contributed by atoms with E-state index in [-0.39, 0.29) is 23.9 Å². The zero-order chi connectivity index (χ0) is 21.2. The molecule has 0 N–H and O–H groups in total. The number of halogens is 1. The molecule has 0 atom stereocenters. The third-order valence-electron chi connectivity index (χ3n) is 4.92. The van der Waals surface area contributed by atoms with Gasteiger partial charge in [-0.1, -0.05) is 17.7 Å². The van der Waals surface area contributed by atoms with Gasteiger partial charge in [0.05, 0.1) is 19.1 Å². The number of hydrogen-bond donors (Lipinski definition) is 0. The molecule has 0 unspecified atom stereocenters. The van der Waals surface area contributed by atoms with Crippen molar-refractivity contribution >= 4 is 27.5 Å². The maximum Gasteiger partial charge on any atom is 0.254 e. The minimum atomic E-state index is -3.67. The van der Waals surface area contributed by atoms with Crippen molar-refractivity contribution in [2.24, 2.45) is 0 Å². The van der Waals surface area contributed by atoms with E-state index in [9.17, 15) is 13.2 Å². The van der Waals surface area contributed by atoms with Gasteiger partial charge in [-0.25, -0.2) is 8.42 Å². The van der Waals surface area contributed by atoms with Crippen LogP contribution in [0.1, 0.15) is 15.9 Å². The molecule has 0 spiro atoms. The van der Waals surface area contributed by atoms with Gasteiger partial charge in [0.1, 0.15) is 0 Å². The smallest absolute Gasteiger partial charge is 0.254 e. The Labute approximate surface area is 175 Å². The fourth-order valence-corrected chi connectivity index (χ4v) is 5.18. The third kappa shape index (κ3) is 4.34. The zero-order valence-electron chi connectivity index (χ0n) is 16.5. The zero-order valence-corrected chi connectivity index (χ0v) is 18.1. The summed E-state index contributed by atoms with van der Waals surface area (Å²) in [5.74, 6) is 0.829. The molecule has 29 heavy (non-hydrogen) atoms. The molecule has 1 amide bonds. The molecule has 0 aliphatic carbocycles. The summed E-state index contributed by atoms with van der Waals surface area (Å²) < 4.78 is 37.8. The molecule has 1 aliphatic rings. The Balaban J connectivity index is 1.73. The third-order valence-corrected chi connectivity index (χ3v) is 7.20. The van der Waals surface area contributed by atoms with E-state index in [4.69, 9.17) is 21.1 Å². The summed E-state index contributed by atoms with van der Waals surface area (Å²) in [5, 5.41) is 0.372. The number of methoxy groups -OCH3 is 2. The van der Waals surface area contributed by atoms with Gasteiger partial charge in [0.2, 0.25) is 10.0 Å². The Morgan fingerprint density at radius 2 is 1.62 bits per heavy atom. The van der Waals surface area contributed by atoms with Gasteiger partial charge < -0.3 is 14.4 Å². The van der Waals surface area contributed by atoms with Crippen LogP contribution in [0.5, 0.6) is 11.5 Å². The lowest BCUT2D eigenvalue weighted by Gasteiger charge is -2.34. The molecule has 1 aliphatic heterocycles. The van der Waals surface area contributed by atoms with Gasteiger partial charge in [-0.2, -0.15) is 4.31 Å². The van der Waals surface area contributed by atoms with Crippen molar-refractivity contribution in [2.75, 3.05) is 40.4 Å². The number of carbonyl (C=O) groups excluding carboxylic acids is 1. The lowest BCUT2D eigenvalue weighted by molar-refractivity contribution is 0.0697. The molecule has 7 nitrogen and oxygen atoms in total. The molecule has 2 aromatic carbocycles. The molecule has 156 valence electrons. The van der Waals surface area contributed by atoms with Crippen LogP contribution in [-0.2, 0) is 10.0 Å². The van der Waals surface area contributed by atoms with E-state index >= 15 is 0 Å². The lowest BCUT2D eigenvalue weighted by atomic mass is 10.1. The van der Waals surface area contributed by atoms with E-state index in [1.807, 2.05) is 0 Å².